The normalized spacial score (nSPS) is 15.2. The van der Waals surface area contributed by atoms with E-state index in [0.717, 1.165) is 5.01 Å². The van der Waals surface area contributed by atoms with Gasteiger partial charge in [-0.15, -0.1) is 0 Å². The van der Waals surface area contributed by atoms with Crippen LogP contribution in [0.4, 0.5) is 0 Å². The Morgan fingerprint density at radius 2 is 1.52 bits per heavy atom. The first-order chi connectivity index (χ1) is 13.9. The summed E-state index contributed by atoms with van der Waals surface area (Å²) in [4.78, 5) is 25.5. The van der Waals surface area contributed by atoms with E-state index in [4.69, 9.17) is 0 Å². The highest BCUT2D eigenvalue weighted by Gasteiger charge is 2.31. The number of nitrogens with zero attached hydrogens (tertiary/aromatic N) is 3. The smallest absolute Gasteiger partial charge is 0.276 e. The van der Waals surface area contributed by atoms with Gasteiger partial charge in [0.15, 0.2) is 0 Å². The van der Waals surface area contributed by atoms with E-state index in [-0.39, 0.29) is 33.9 Å². The zero-order valence-electron chi connectivity index (χ0n) is 15.7. The van der Waals surface area contributed by atoms with Gasteiger partial charge in [-0.25, -0.2) is 5.01 Å². The molecule has 1 amide bonds. The van der Waals surface area contributed by atoms with Crippen molar-refractivity contribution in [2.24, 2.45) is 12.1 Å². The molecule has 4 rings (SSSR count). The molecule has 0 fully saturated rings. The minimum Gasteiger partial charge on any atom is -0.507 e. The van der Waals surface area contributed by atoms with Gasteiger partial charge >= 0.3 is 0 Å². The van der Waals surface area contributed by atoms with Crippen molar-refractivity contribution in [1.29, 1.82) is 0 Å². The Labute approximate surface area is 165 Å². The molecule has 1 aliphatic rings. The molecule has 8 nitrogen and oxygen atoms in total. The summed E-state index contributed by atoms with van der Waals surface area (Å²) in [7, 11) is 3.05. The van der Waals surface area contributed by atoms with Gasteiger partial charge in [0.25, 0.3) is 11.5 Å². The molecule has 3 aromatic rings. The molecule has 3 N–H and O–H groups in total. The van der Waals surface area contributed by atoms with Crippen LogP contribution in [0.5, 0.6) is 11.5 Å². The molecular formula is C21H18N4O4. The average molecular weight is 390 g/mol. The van der Waals surface area contributed by atoms with Crippen molar-refractivity contribution in [3.8, 4) is 22.8 Å². The summed E-state index contributed by atoms with van der Waals surface area (Å²) in [6.45, 7) is 0. The summed E-state index contributed by atoms with van der Waals surface area (Å²) >= 11 is 0. The van der Waals surface area contributed by atoms with E-state index in [1.165, 1.54) is 29.9 Å². The van der Waals surface area contributed by atoms with Crippen LogP contribution in [0.3, 0.4) is 0 Å². The molecule has 0 bridgehead atoms. The molecule has 0 saturated heterocycles. The third kappa shape index (κ3) is 3.00. The van der Waals surface area contributed by atoms with Crippen molar-refractivity contribution in [3.05, 3.63) is 75.6 Å². The van der Waals surface area contributed by atoms with E-state index in [0.29, 0.717) is 16.8 Å². The molecule has 2 heterocycles. The van der Waals surface area contributed by atoms with Crippen LogP contribution in [0.2, 0.25) is 0 Å². The fraction of sp³-hybridized carbons (Fsp3) is 0.0952. The van der Waals surface area contributed by atoms with Gasteiger partial charge < -0.3 is 10.2 Å². The number of carbonyl (C=O) groups excluding carboxylic acids is 1. The lowest BCUT2D eigenvalue weighted by atomic mass is 9.98. The summed E-state index contributed by atoms with van der Waals surface area (Å²) in [5.41, 5.74) is 1.46. The number of carbonyl (C=O) groups is 1. The fourth-order valence-electron chi connectivity index (χ4n) is 3.26. The molecule has 0 unspecified atom stereocenters. The minimum absolute atomic E-state index is 0.00143. The van der Waals surface area contributed by atoms with Crippen LogP contribution in [0.1, 0.15) is 11.1 Å². The highest BCUT2D eigenvalue weighted by molar-refractivity contribution is 6.33. The van der Waals surface area contributed by atoms with E-state index in [1.807, 2.05) is 0 Å². The van der Waals surface area contributed by atoms with Crippen LogP contribution >= 0.6 is 0 Å². The van der Waals surface area contributed by atoms with Gasteiger partial charge in [0.05, 0.1) is 16.8 Å². The monoisotopic (exact) mass is 390 g/mol. The van der Waals surface area contributed by atoms with Crippen LogP contribution in [-0.2, 0) is 11.8 Å². The second-order valence-corrected chi connectivity index (χ2v) is 6.63. The lowest BCUT2D eigenvalue weighted by Gasteiger charge is -2.06. The summed E-state index contributed by atoms with van der Waals surface area (Å²) in [6.07, 6.45) is 1.44. The Morgan fingerprint density at radius 3 is 2.14 bits per heavy atom. The van der Waals surface area contributed by atoms with E-state index in [1.54, 1.807) is 43.4 Å². The number of H-pyrrole nitrogens is 1. The van der Waals surface area contributed by atoms with E-state index in [2.05, 4.69) is 10.2 Å². The van der Waals surface area contributed by atoms with Gasteiger partial charge in [-0.1, -0.05) is 24.3 Å². The van der Waals surface area contributed by atoms with Crippen LogP contribution in [0.25, 0.3) is 17.3 Å². The van der Waals surface area contributed by atoms with Gasteiger partial charge in [-0.05, 0) is 30.3 Å². The number of rotatable bonds is 3. The Balaban J connectivity index is 1.93. The molecule has 8 heteroatoms. The molecule has 2 aromatic carbocycles. The number of aryl methyl sites for hydroxylation is 1. The SMILES string of the molecule is CN1N=C(c2ccccc2O)/C(=C/c2c(-c3ccccc3O)[nH]n(C)c2=O)C1=O. The van der Waals surface area contributed by atoms with Crippen LogP contribution in [0.15, 0.2) is 64.0 Å². The number of para-hydroxylation sites is 2. The van der Waals surface area contributed by atoms with Gasteiger partial charge in [0.1, 0.15) is 17.2 Å². The third-order valence-corrected chi connectivity index (χ3v) is 4.73. The Hall–Kier alpha value is -4.07. The van der Waals surface area contributed by atoms with Gasteiger partial charge in [-0.3, -0.25) is 19.4 Å². The van der Waals surface area contributed by atoms with Crippen molar-refractivity contribution in [2.75, 3.05) is 7.05 Å². The zero-order valence-corrected chi connectivity index (χ0v) is 15.7. The van der Waals surface area contributed by atoms with Crippen LogP contribution < -0.4 is 5.56 Å². The summed E-state index contributed by atoms with van der Waals surface area (Å²) in [5, 5.41) is 28.8. The summed E-state index contributed by atoms with van der Waals surface area (Å²) < 4.78 is 1.27. The number of hydrazone groups is 1. The second kappa shape index (κ2) is 6.83. The molecule has 0 spiro atoms. The van der Waals surface area contributed by atoms with E-state index >= 15 is 0 Å². The molecule has 1 aliphatic heterocycles. The number of phenolic OH excluding ortho intramolecular Hbond substituents is 2. The number of aromatic hydroxyl groups is 2. The van der Waals surface area contributed by atoms with Crippen LogP contribution in [0, 0.1) is 0 Å². The number of nitrogens with one attached hydrogen (secondary N) is 1. The quantitative estimate of drug-likeness (QED) is 0.595. The number of hydrogen-bond donors (Lipinski definition) is 3. The number of phenols is 2. The van der Waals surface area contributed by atoms with Crippen molar-refractivity contribution < 1.29 is 15.0 Å². The van der Waals surface area contributed by atoms with Crippen LogP contribution in [-0.4, -0.2) is 43.7 Å². The highest BCUT2D eigenvalue weighted by atomic mass is 16.3. The number of aromatic nitrogens is 2. The molecule has 1 aromatic heterocycles. The third-order valence-electron chi connectivity index (χ3n) is 4.73. The van der Waals surface area contributed by atoms with Crippen molar-refractivity contribution in [1.82, 2.24) is 14.8 Å². The van der Waals surface area contributed by atoms with Crippen molar-refractivity contribution in [3.63, 3.8) is 0 Å². The van der Waals surface area contributed by atoms with E-state index in [9.17, 15) is 19.8 Å². The molecule has 29 heavy (non-hydrogen) atoms. The Kier molecular flexibility index (Phi) is 4.31. The number of aromatic amines is 1. The van der Waals surface area contributed by atoms with Crippen molar-refractivity contribution in [2.45, 2.75) is 0 Å². The predicted molar refractivity (Wildman–Crippen MR) is 109 cm³/mol. The molecule has 0 atom stereocenters. The minimum atomic E-state index is -0.408. The van der Waals surface area contributed by atoms with Gasteiger partial charge in [0, 0.05) is 25.2 Å². The summed E-state index contributed by atoms with van der Waals surface area (Å²) in [6, 6.07) is 13.1. The second-order valence-electron chi connectivity index (χ2n) is 6.63. The summed E-state index contributed by atoms with van der Waals surface area (Å²) in [5.74, 6) is -0.434. The first kappa shape index (κ1) is 18.3. The molecule has 0 saturated carbocycles. The molecule has 146 valence electrons. The Bertz CT molecular complexity index is 1250. The molecule has 0 aliphatic carbocycles. The molecule has 0 radical (unpaired) electrons. The first-order valence-electron chi connectivity index (χ1n) is 8.83. The lowest BCUT2D eigenvalue weighted by molar-refractivity contribution is -0.124. The van der Waals surface area contributed by atoms with Gasteiger partial charge in [0.2, 0.25) is 0 Å². The fourth-order valence-corrected chi connectivity index (χ4v) is 3.26. The Morgan fingerprint density at radius 1 is 0.931 bits per heavy atom. The van der Waals surface area contributed by atoms with E-state index < -0.39 is 5.91 Å². The lowest BCUT2D eigenvalue weighted by Crippen LogP contribution is -2.18. The average Bonchev–Trinajstić information content (AvgIpc) is 3.14. The zero-order chi connectivity index (χ0) is 20.7. The number of hydrogen-bond acceptors (Lipinski definition) is 5. The maximum atomic E-state index is 12.8. The first-order valence-corrected chi connectivity index (χ1v) is 8.83. The number of benzene rings is 2. The predicted octanol–water partition coefficient (Wildman–Crippen LogP) is 2.05. The number of likely N-dealkylation sites (N-methyl/N-ethyl adjacent to an activating group) is 1. The molecular weight excluding hydrogens is 372 g/mol. The van der Waals surface area contributed by atoms with Gasteiger partial charge in [-0.2, -0.15) is 5.10 Å². The maximum Gasteiger partial charge on any atom is 0.276 e. The number of amides is 1. The topological polar surface area (TPSA) is 111 Å². The largest absolute Gasteiger partial charge is 0.507 e. The van der Waals surface area contributed by atoms with Crippen molar-refractivity contribution >= 4 is 17.7 Å². The standard InChI is InChI=1S/C21H18N4O4/c1-24-20(28)14(18(22-24)12-7-3-5-9-16(12)26)11-15-19(23-25(2)21(15)29)13-8-4-6-10-17(13)27/h3-11,22,26-27H,1-2H3/b15-11-. The maximum absolute atomic E-state index is 12.8. The highest BCUT2D eigenvalue weighted by Crippen LogP contribution is 2.32.